The van der Waals surface area contributed by atoms with Crippen LogP contribution in [0.25, 0.3) is 10.2 Å². The number of hydrogen-bond donors (Lipinski definition) is 1. The van der Waals surface area contributed by atoms with E-state index in [1.807, 2.05) is 24.3 Å². The Morgan fingerprint density at radius 3 is 2.96 bits per heavy atom. The third-order valence-corrected chi connectivity index (χ3v) is 6.15. The number of rotatable bonds is 2. The monoisotopic (exact) mass is 329 g/mol. The lowest BCUT2D eigenvalue weighted by Crippen LogP contribution is -2.53. The number of hydrogen-bond acceptors (Lipinski definition) is 4. The van der Waals surface area contributed by atoms with Gasteiger partial charge in [0.2, 0.25) is 0 Å². The number of urea groups is 1. The van der Waals surface area contributed by atoms with Gasteiger partial charge in [-0.15, -0.1) is 11.3 Å². The van der Waals surface area contributed by atoms with E-state index < -0.39 is 5.54 Å². The van der Waals surface area contributed by atoms with E-state index in [9.17, 15) is 9.59 Å². The summed E-state index contributed by atoms with van der Waals surface area (Å²) in [6.45, 7) is 2.33. The average Bonchev–Trinajstić information content (AvgIpc) is 3.05. The molecular weight excluding hydrogens is 310 g/mol. The summed E-state index contributed by atoms with van der Waals surface area (Å²) in [6, 6.07) is 7.59. The molecular formula is C17H19N3O2S. The van der Waals surface area contributed by atoms with Gasteiger partial charge in [-0.3, -0.25) is 9.69 Å². The summed E-state index contributed by atoms with van der Waals surface area (Å²) < 4.78 is 1.08. The quantitative estimate of drug-likeness (QED) is 0.860. The standard InChI is InChI=1S/C17H19N3O2S/c1-11-6-4-5-9-17(11)15(21)20(16(22)19-17)10-14-18-12-7-2-3-8-13(12)23-14/h2-3,7-8,11H,4-6,9-10H2,1H3,(H,19,22)/t11-,17-/m0/s1. The third kappa shape index (κ3) is 2.24. The Bertz CT molecular complexity index is 754. The lowest BCUT2D eigenvalue weighted by molar-refractivity contribution is -0.134. The molecule has 1 saturated heterocycles. The van der Waals surface area contributed by atoms with Crippen LogP contribution in [0.3, 0.4) is 0 Å². The smallest absolute Gasteiger partial charge is 0.323 e. The molecule has 1 aromatic carbocycles. The number of thiazole rings is 1. The van der Waals surface area contributed by atoms with Crippen LogP contribution < -0.4 is 5.32 Å². The van der Waals surface area contributed by atoms with Crippen molar-refractivity contribution in [3.8, 4) is 0 Å². The van der Waals surface area contributed by atoms with Crippen LogP contribution in [0.5, 0.6) is 0 Å². The van der Waals surface area contributed by atoms with E-state index in [2.05, 4.69) is 17.2 Å². The molecule has 1 spiro atoms. The molecule has 0 bridgehead atoms. The van der Waals surface area contributed by atoms with Crippen LogP contribution in [0.2, 0.25) is 0 Å². The van der Waals surface area contributed by atoms with Crippen molar-refractivity contribution in [2.75, 3.05) is 0 Å². The van der Waals surface area contributed by atoms with Gasteiger partial charge in [-0.25, -0.2) is 9.78 Å². The largest absolute Gasteiger partial charge is 0.325 e. The molecule has 1 N–H and O–H groups in total. The fraction of sp³-hybridized carbons (Fsp3) is 0.471. The van der Waals surface area contributed by atoms with Crippen molar-refractivity contribution >= 4 is 33.5 Å². The highest BCUT2D eigenvalue weighted by Gasteiger charge is 2.54. The van der Waals surface area contributed by atoms with Gasteiger partial charge in [-0.05, 0) is 30.9 Å². The molecule has 4 rings (SSSR count). The average molecular weight is 329 g/mol. The first kappa shape index (κ1) is 14.6. The van der Waals surface area contributed by atoms with E-state index in [4.69, 9.17) is 0 Å². The Labute approximate surface area is 138 Å². The van der Waals surface area contributed by atoms with Crippen molar-refractivity contribution in [2.24, 2.45) is 5.92 Å². The fourth-order valence-electron chi connectivity index (χ4n) is 3.76. The number of amides is 3. The fourth-order valence-corrected chi connectivity index (χ4v) is 4.72. The zero-order chi connectivity index (χ0) is 16.0. The maximum absolute atomic E-state index is 12.9. The highest BCUT2D eigenvalue weighted by Crippen LogP contribution is 2.38. The Balaban J connectivity index is 1.61. The van der Waals surface area contributed by atoms with Crippen molar-refractivity contribution in [3.63, 3.8) is 0 Å². The summed E-state index contributed by atoms with van der Waals surface area (Å²) in [5.74, 6) is 0.113. The van der Waals surface area contributed by atoms with Gasteiger partial charge in [-0.2, -0.15) is 0 Å². The van der Waals surface area contributed by atoms with Crippen LogP contribution >= 0.6 is 11.3 Å². The molecule has 2 fully saturated rings. The Morgan fingerprint density at radius 2 is 2.17 bits per heavy atom. The Hall–Kier alpha value is -1.95. The van der Waals surface area contributed by atoms with Gasteiger partial charge in [0.25, 0.3) is 5.91 Å². The van der Waals surface area contributed by atoms with Crippen molar-refractivity contribution in [1.82, 2.24) is 15.2 Å². The number of aromatic nitrogens is 1. The minimum Gasteiger partial charge on any atom is -0.323 e. The first-order valence-corrected chi connectivity index (χ1v) is 8.90. The number of imide groups is 1. The number of fused-ring (bicyclic) bond motifs is 1. The zero-order valence-corrected chi connectivity index (χ0v) is 13.9. The van der Waals surface area contributed by atoms with Crippen LogP contribution in [-0.2, 0) is 11.3 Å². The summed E-state index contributed by atoms with van der Waals surface area (Å²) >= 11 is 1.54. The molecule has 23 heavy (non-hydrogen) atoms. The molecule has 6 heteroatoms. The van der Waals surface area contributed by atoms with Gasteiger partial charge in [0.05, 0.1) is 16.8 Å². The topological polar surface area (TPSA) is 62.3 Å². The predicted octanol–water partition coefficient (Wildman–Crippen LogP) is 3.30. The highest BCUT2D eigenvalue weighted by molar-refractivity contribution is 7.18. The van der Waals surface area contributed by atoms with E-state index in [1.54, 1.807) is 0 Å². The second-order valence-electron chi connectivity index (χ2n) is 6.51. The summed E-state index contributed by atoms with van der Waals surface area (Å²) in [6.07, 6.45) is 3.85. The van der Waals surface area contributed by atoms with Crippen molar-refractivity contribution < 1.29 is 9.59 Å². The second kappa shape index (κ2) is 5.30. The van der Waals surface area contributed by atoms with Gasteiger partial charge < -0.3 is 5.32 Å². The number of nitrogens with one attached hydrogen (secondary N) is 1. The molecule has 5 nitrogen and oxygen atoms in total. The number of benzene rings is 1. The van der Waals surface area contributed by atoms with Crippen molar-refractivity contribution in [2.45, 2.75) is 44.7 Å². The lowest BCUT2D eigenvalue weighted by atomic mass is 9.73. The normalized spacial score (nSPS) is 27.9. The minimum absolute atomic E-state index is 0.0750. The van der Waals surface area contributed by atoms with Crippen molar-refractivity contribution in [1.29, 1.82) is 0 Å². The molecule has 1 saturated carbocycles. The van der Waals surface area contributed by atoms with Crippen LogP contribution in [0.4, 0.5) is 4.79 Å². The van der Waals surface area contributed by atoms with E-state index in [0.717, 1.165) is 40.9 Å². The second-order valence-corrected chi connectivity index (χ2v) is 7.63. The van der Waals surface area contributed by atoms with Gasteiger partial charge in [-0.1, -0.05) is 31.9 Å². The molecule has 3 amide bonds. The zero-order valence-electron chi connectivity index (χ0n) is 13.0. The molecule has 120 valence electrons. The molecule has 2 atom stereocenters. The SMILES string of the molecule is C[C@H]1CCCC[C@]12NC(=O)N(Cc1nc3ccccc3s1)C2=O. The minimum atomic E-state index is -0.688. The van der Waals surface area contributed by atoms with Gasteiger partial charge in [0.15, 0.2) is 0 Å². The van der Waals surface area contributed by atoms with Crippen LogP contribution in [0.15, 0.2) is 24.3 Å². The molecule has 0 unspecified atom stereocenters. The Kier molecular flexibility index (Phi) is 3.37. The first-order valence-electron chi connectivity index (χ1n) is 8.09. The van der Waals surface area contributed by atoms with E-state index in [0.29, 0.717) is 0 Å². The third-order valence-electron chi connectivity index (χ3n) is 5.13. The molecule has 2 heterocycles. The van der Waals surface area contributed by atoms with Crippen molar-refractivity contribution in [3.05, 3.63) is 29.3 Å². The number of carbonyl (C=O) groups excluding carboxylic acids is 2. The molecule has 1 aliphatic carbocycles. The predicted molar refractivity (Wildman–Crippen MR) is 89.1 cm³/mol. The first-order chi connectivity index (χ1) is 11.1. The molecule has 2 aromatic rings. The van der Waals surface area contributed by atoms with E-state index in [1.165, 1.54) is 16.2 Å². The molecule has 1 aliphatic heterocycles. The summed E-state index contributed by atoms with van der Waals surface area (Å²) in [7, 11) is 0. The van der Waals surface area contributed by atoms with Gasteiger partial charge in [0.1, 0.15) is 10.5 Å². The number of carbonyl (C=O) groups is 2. The van der Waals surface area contributed by atoms with Gasteiger partial charge in [0, 0.05) is 0 Å². The van der Waals surface area contributed by atoms with Crippen LogP contribution in [0.1, 0.15) is 37.6 Å². The summed E-state index contributed by atoms with van der Waals surface area (Å²) in [5, 5.41) is 3.79. The van der Waals surface area contributed by atoms with Gasteiger partial charge >= 0.3 is 6.03 Å². The van der Waals surface area contributed by atoms with Crippen LogP contribution in [0, 0.1) is 5.92 Å². The van der Waals surface area contributed by atoms with Crippen LogP contribution in [-0.4, -0.2) is 27.4 Å². The molecule has 1 aromatic heterocycles. The Morgan fingerprint density at radius 1 is 1.35 bits per heavy atom. The van der Waals surface area contributed by atoms with E-state index in [-0.39, 0.29) is 24.4 Å². The maximum Gasteiger partial charge on any atom is 0.325 e. The molecule has 0 radical (unpaired) electrons. The number of nitrogens with zero attached hydrogens (tertiary/aromatic N) is 2. The summed E-state index contributed by atoms with van der Waals surface area (Å²) in [5.41, 5.74) is 0.228. The maximum atomic E-state index is 12.9. The summed E-state index contributed by atoms with van der Waals surface area (Å²) in [4.78, 5) is 31.2. The lowest BCUT2D eigenvalue weighted by Gasteiger charge is -2.36. The highest BCUT2D eigenvalue weighted by atomic mass is 32.1. The molecule has 2 aliphatic rings. The van der Waals surface area contributed by atoms with E-state index >= 15 is 0 Å². The number of para-hydroxylation sites is 1.